The molecule has 0 amide bonds. The second-order valence-electron chi connectivity index (χ2n) is 8.00. The van der Waals surface area contributed by atoms with Crippen LogP contribution in [0, 0.1) is 5.92 Å². The van der Waals surface area contributed by atoms with E-state index in [-0.39, 0.29) is 12.1 Å². The molecule has 0 bridgehead atoms. The summed E-state index contributed by atoms with van der Waals surface area (Å²) < 4.78 is 32.9. The maximum atomic E-state index is 11.3. The highest BCUT2D eigenvalue weighted by Crippen LogP contribution is 2.29. The Hall–Kier alpha value is -0.960. The number of nitrogens with one attached hydrogen (secondary N) is 1. The fourth-order valence-corrected chi connectivity index (χ4v) is 4.32. The van der Waals surface area contributed by atoms with Gasteiger partial charge in [-0.15, -0.1) is 0 Å². The summed E-state index contributed by atoms with van der Waals surface area (Å²) in [7, 11) is -3.19. The van der Waals surface area contributed by atoms with Gasteiger partial charge in [0.05, 0.1) is 29.8 Å². The summed E-state index contributed by atoms with van der Waals surface area (Å²) in [6.45, 7) is 9.41. The van der Waals surface area contributed by atoms with Crippen molar-refractivity contribution < 1.29 is 13.2 Å². The van der Waals surface area contributed by atoms with Crippen LogP contribution in [-0.4, -0.2) is 54.7 Å². The van der Waals surface area contributed by atoms with E-state index in [2.05, 4.69) is 28.6 Å². The minimum Gasteiger partial charge on any atom is -0.376 e. The van der Waals surface area contributed by atoms with Gasteiger partial charge in [0.15, 0.2) is 0 Å². The molecule has 2 aliphatic heterocycles. The van der Waals surface area contributed by atoms with Gasteiger partial charge in [0.1, 0.15) is 0 Å². The molecule has 0 spiro atoms. The Morgan fingerprint density at radius 1 is 1.40 bits per heavy atom. The second-order valence-corrected chi connectivity index (χ2v) is 9.83. The van der Waals surface area contributed by atoms with E-state index in [0.29, 0.717) is 5.92 Å². The predicted octanol–water partition coefficient (Wildman–Crippen LogP) is 1.34. The van der Waals surface area contributed by atoms with Crippen LogP contribution >= 0.6 is 0 Å². The van der Waals surface area contributed by atoms with Gasteiger partial charge in [0.25, 0.3) is 0 Å². The van der Waals surface area contributed by atoms with Crippen molar-refractivity contribution in [2.75, 3.05) is 26.0 Å². The molecule has 1 atom stereocenters. The zero-order valence-electron chi connectivity index (χ0n) is 15.5. The molecule has 1 unspecified atom stereocenters. The summed E-state index contributed by atoms with van der Waals surface area (Å²) in [6, 6.07) is 2.03. The summed E-state index contributed by atoms with van der Waals surface area (Å²) in [4.78, 5) is 2.51. The number of aromatic nitrogens is 2. The molecule has 0 saturated carbocycles. The minimum atomic E-state index is -3.19. The highest BCUT2D eigenvalue weighted by Gasteiger charge is 2.30. The van der Waals surface area contributed by atoms with Crippen LogP contribution in [0.1, 0.15) is 44.5 Å². The van der Waals surface area contributed by atoms with Crippen molar-refractivity contribution in [3.63, 3.8) is 0 Å². The third-order valence-corrected chi connectivity index (χ3v) is 5.64. The fourth-order valence-electron chi connectivity index (χ4n) is 3.91. The molecule has 1 aromatic heterocycles. The second kappa shape index (κ2) is 7.34. The van der Waals surface area contributed by atoms with Crippen molar-refractivity contribution in [3.8, 4) is 0 Å². The number of ether oxygens (including phenoxy) is 1. The summed E-state index contributed by atoms with van der Waals surface area (Å²) >= 11 is 0. The van der Waals surface area contributed by atoms with Crippen molar-refractivity contribution in [1.82, 2.24) is 19.4 Å². The van der Waals surface area contributed by atoms with E-state index in [0.717, 1.165) is 57.7 Å². The molecule has 3 heterocycles. The number of hydrogen-bond donors (Lipinski definition) is 1. The van der Waals surface area contributed by atoms with Gasteiger partial charge in [-0.05, 0) is 45.1 Å². The summed E-state index contributed by atoms with van der Waals surface area (Å²) in [5.74, 6) is 0.671. The minimum absolute atomic E-state index is 0.0129. The van der Waals surface area contributed by atoms with Crippen LogP contribution in [0.4, 0.5) is 0 Å². The number of nitrogens with zero attached hydrogens (tertiary/aromatic N) is 3. The van der Waals surface area contributed by atoms with Gasteiger partial charge in [-0.2, -0.15) is 5.10 Å². The van der Waals surface area contributed by atoms with Gasteiger partial charge in [0.2, 0.25) is 10.0 Å². The van der Waals surface area contributed by atoms with Gasteiger partial charge in [-0.1, -0.05) is 0 Å². The number of fused-ring (bicyclic) bond motifs is 1. The Morgan fingerprint density at radius 3 is 2.92 bits per heavy atom. The topological polar surface area (TPSA) is 76.5 Å². The van der Waals surface area contributed by atoms with E-state index in [1.54, 1.807) is 0 Å². The molecule has 3 rings (SSSR count). The molecule has 1 fully saturated rings. The predicted molar refractivity (Wildman–Crippen MR) is 96.6 cm³/mol. The van der Waals surface area contributed by atoms with E-state index in [1.165, 1.54) is 11.9 Å². The number of hydrogen-bond acceptors (Lipinski definition) is 5. The van der Waals surface area contributed by atoms with Crippen molar-refractivity contribution in [1.29, 1.82) is 0 Å². The lowest BCUT2D eigenvalue weighted by Gasteiger charge is -2.37. The highest BCUT2D eigenvalue weighted by atomic mass is 32.2. The normalized spacial score (nSPS) is 24.7. The molecule has 0 aliphatic carbocycles. The molecule has 142 valence electrons. The lowest BCUT2D eigenvalue weighted by Crippen LogP contribution is -2.39. The first-order chi connectivity index (χ1) is 11.7. The monoisotopic (exact) mass is 370 g/mol. The molecule has 8 heteroatoms. The van der Waals surface area contributed by atoms with Crippen LogP contribution in [0.2, 0.25) is 0 Å². The standard InChI is InChI=1S/C17H30N4O3S/c1-17(2)10-14(5-8-24-17)12-20-6-4-7-21-16(13-20)9-15(19-21)11-18-25(3,22)23/h9,14,18H,4-8,10-13H2,1-3H3. The maximum Gasteiger partial charge on any atom is 0.209 e. The first kappa shape index (κ1) is 18.8. The lowest BCUT2D eigenvalue weighted by atomic mass is 9.88. The Labute approximate surface area is 150 Å². The Kier molecular flexibility index (Phi) is 5.53. The molecular weight excluding hydrogens is 340 g/mol. The fraction of sp³-hybridized carbons (Fsp3) is 0.824. The quantitative estimate of drug-likeness (QED) is 0.846. The van der Waals surface area contributed by atoms with E-state index >= 15 is 0 Å². The number of rotatable bonds is 5. The molecule has 7 nitrogen and oxygen atoms in total. The molecule has 0 aromatic carbocycles. The third kappa shape index (κ3) is 5.51. The van der Waals surface area contributed by atoms with Crippen LogP contribution in [-0.2, 0) is 34.4 Å². The van der Waals surface area contributed by atoms with Crippen LogP contribution in [0.5, 0.6) is 0 Å². The number of aryl methyl sites for hydroxylation is 1. The first-order valence-electron chi connectivity index (χ1n) is 9.07. The van der Waals surface area contributed by atoms with Crippen molar-refractivity contribution >= 4 is 10.0 Å². The van der Waals surface area contributed by atoms with Crippen LogP contribution < -0.4 is 4.72 Å². The van der Waals surface area contributed by atoms with Gasteiger partial charge < -0.3 is 4.74 Å². The molecule has 1 aromatic rings. The largest absolute Gasteiger partial charge is 0.376 e. The molecule has 1 saturated heterocycles. The van der Waals surface area contributed by atoms with Crippen molar-refractivity contribution in [2.45, 2.75) is 58.3 Å². The smallest absolute Gasteiger partial charge is 0.209 e. The number of sulfonamides is 1. The third-order valence-electron chi connectivity index (χ3n) is 4.97. The van der Waals surface area contributed by atoms with Crippen molar-refractivity contribution in [3.05, 3.63) is 17.5 Å². The van der Waals surface area contributed by atoms with Crippen LogP contribution in [0.25, 0.3) is 0 Å². The zero-order valence-corrected chi connectivity index (χ0v) is 16.3. The Balaban J connectivity index is 1.61. The maximum absolute atomic E-state index is 11.3. The molecule has 25 heavy (non-hydrogen) atoms. The van der Waals surface area contributed by atoms with Gasteiger partial charge in [0, 0.05) is 32.8 Å². The molecule has 2 aliphatic rings. The van der Waals surface area contributed by atoms with Gasteiger partial charge in [-0.3, -0.25) is 9.58 Å². The van der Waals surface area contributed by atoms with Crippen LogP contribution in [0.15, 0.2) is 6.07 Å². The van der Waals surface area contributed by atoms with E-state index in [4.69, 9.17) is 4.74 Å². The average molecular weight is 371 g/mol. The SMILES string of the molecule is CC1(C)CC(CN2CCCn3nc(CNS(C)(=O)=O)cc3C2)CCO1. The van der Waals surface area contributed by atoms with Gasteiger partial charge in [-0.25, -0.2) is 13.1 Å². The van der Waals surface area contributed by atoms with E-state index < -0.39 is 10.0 Å². The Morgan fingerprint density at radius 2 is 2.20 bits per heavy atom. The molecule has 1 N–H and O–H groups in total. The van der Waals surface area contributed by atoms with E-state index in [9.17, 15) is 8.42 Å². The lowest BCUT2D eigenvalue weighted by molar-refractivity contribution is -0.0770. The van der Waals surface area contributed by atoms with Gasteiger partial charge >= 0.3 is 0 Å². The van der Waals surface area contributed by atoms with Crippen molar-refractivity contribution in [2.24, 2.45) is 5.92 Å². The summed E-state index contributed by atoms with van der Waals surface area (Å²) in [5.41, 5.74) is 1.95. The highest BCUT2D eigenvalue weighted by molar-refractivity contribution is 7.88. The summed E-state index contributed by atoms with van der Waals surface area (Å²) in [6.07, 6.45) is 4.47. The average Bonchev–Trinajstić information content (AvgIpc) is 2.76. The van der Waals surface area contributed by atoms with E-state index in [1.807, 2.05) is 10.7 Å². The molecular formula is C17H30N4O3S. The molecule has 0 radical (unpaired) electrons. The Bertz CT molecular complexity index is 699. The zero-order chi connectivity index (χ0) is 18.1. The summed E-state index contributed by atoms with van der Waals surface area (Å²) in [5, 5.41) is 4.56. The first-order valence-corrected chi connectivity index (χ1v) is 11.0. The van der Waals surface area contributed by atoms with Crippen LogP contribution in [0.3, 0.4) is 0 Å².